The topological polar surface area (TPSA) is 55.2 Å². The van der Waals surface area contributed by atoms with Crippen LogP contribution in [-0.2, 0) is 4.79 Å². The van der Waals surface area contributed by atoms with Gasteiger partial charge in [-0.1, -0.05) is 51.4 Å². The minimum absolute atomic E-state index is 0.176. The van der Waals surface area contributed by atoms with Crippen molar-refractivity contribution < 1.29 is 9.59 Å². The van der Waals surface area contributed by atoms with E-state index in [1.807, 2.05) is 6.20 Å². The molecule has 0 N–H and O–H groups in total. The van der Waals surface area contributed by atoms with Gasteiger partial charge in [0.1, 0.15) is 6.33 Å². The lowest BCUT2D eigenvalue weighted by atomic mass is 9.93. The van der Waals surface area contributed by atoms with Crippen LogP contribution < -0.4 is 0 Å². The van der Waals surface area contributed by atoms with Gasteiger partial charge in [-0.25, -0.2) is 4.98 Å². The molecule has 29 heavy (non-hydrogen) atoms. The summed E-state index contributed by atoms with van der Waals surface area (Å²) in [6, 6.07) is 0. The van der Waals surface area contributed by atoms with Gasteiger partial charge in [0.15, 0.2) is 0 Å². The number of imidazole rings is 1. The Labute approximate surface area is 175 Å². The smallest absolute Gasteiger partial charge is 0.231 e. The highest BCUT2D eigenvalue weighted by Gasteiger charge is 2.26. The van der Waals surface area contributed by atoms with Gasteiger partial charge >= 0.3 is 0 Å². The van der Waals surface area contributed by atoms with Gasteiger partial charge in [-0.2, -0.15) is 0 Å². The van der Waals surface area contributed by atoms with Crippen molar-refractivity contribution in [3.8, 4) is 0 Å². The third-order valence-electron chi connectivity index (χ3n) is 7.64. The summed E-state index contributed by atoms with van der Waals surface area (Å²) in [6.07, 6.45) is 19.6. The summed E-state index contributed by atoms with van der Waals surface area (Å²) in [5.74, 6) is 2.42. The summed E-state index contributed by atoms with van der Waals surface area (Å²) in [5, 5.41) is 0. The van der Waals surface area contributed by atoms with Crippen LogP contribution in [0.2, 0.25) is 0 Å². The van der Waals surface area contributed by atoms with Crippen LogP contribution in [0.3, 0.4) is 0 Å². The van der Waals surface area contributed by atoms with Crippen molar-refractivity contribution in [1.29, 1.82) is 0 Å². The van der Waals surface area contributed by atoms with Gasteiger partial charge in [-0.05, 0) is 37.5 Å². The first kappa shape index (κ1) is 20.6. The van der Waals surface area contributed by atoms with Gasteiger partial charge in [0, 0.05) is 38.0 Å². The molecule has 2 heterocycles. The molecular formula is C24H37N3O2. The van der Waals surface area contributed by atoms with Crippen molar-refractivity contribution in [2.45, 2.75) is 95.8 Å². The Kier molecular flexibility index (Phi) is 7.04. The number of carbonyl (C=O) groups excluding carboxylic acids is 2. The van der Waals surface area contributed by atoms with E-state index in [1.165, 1.54) is 51.4 Å². The van der Waals surface area contributed by atoms with Gasteiger partial charge in [0.2, 0.25) is 11.8 Å². The molecule has 160 valence electrons. The molecule has 2 aliphatic carbocycles. The predicted octanol–water partition coefficient (Wildman–Crippen LogP) is 5.17. The molecule has 0 radical (unpaired) electrons. The molecule has 0 aromatic carbocycles. The Morgan fingerprint density at radius 3 is 1.97 bits per heavy atom. The lowest BCUT2D eigenvalue weighted by molar-refractivity contribution is -0.132. The monoisotopic (exact) mass is 399 g/mol. The maximum absolute atomic E-state index is 12.5. The number of likely N-dealkylation sites (tertiary alicyclic amines) is 1. The van der Waals surface area contributed by atoms with Crippen molar-refractivity contribution in [3.63, 3.8) is 0 Å². The highest BCUT2D eigenvalue weighted by Crippen LogP contribution is 2.31. The Balaban J connectivity index is 1.20. The Morgan fingerprint density at radius 2 is 1.38 bits per heavy atom. The number of nitrogens with zero attached hydrogens (tertiary/aromatic N) is 3. The first-order valence-corrected chi connectivity index (χ1v) is 12.0. The summed E-state index contributed by atoms with van der Waals surface area (Å²) in [4.78, 5) is 31.6. The van der Waals surface area contributed by atoms with Crippen LogP contribution in [0.4, 0.5) is 0 Å². The van der Waals surface area contributed by atoms with Crippen molar-refractivity contribution >= 4 is 11.8 Å². The fourth-order valence-corrected chi connectivity index (χ4v) is 5.65. The molecule has 1 aromatic rings. The molecule has 0 unspecified atom stereocenters. The lowest BCUT2D eigenvalue weighted by Gasteiger charge is -2.31. The Bertz CT molecular complexity index is 678. The van der Waals surface area contributed by atoms with Crippen LogP contribution in [0.15, 0.2) is 12.5 Å². The summed E-state index contributed by atoms with van der Waals surface area (Å²) in [6.45, 7) is 1.66. The molecule has 3 fully saturated rings. The van der Waals surface area contributed by atoms with Crippen LogP contribution in [0.1, 0.15) is 106 Å². The molecule has 0 spiro atoms. The summed E-state index contributed by atoms with van der Waals surface area (Å²) < 4.78 is 1.70. The average Bonchev–Trinajstić information content (AvgIpc) is 3.52. The second kappa shape index (κ2) is 9.90. The average molecular weight is 400 g/mol. The normalized spacial score (nSPS) is 21.9. The number of rotatable bonds is 7. The zero-order valence-electron chi connectivity index (χ0n) is 17.9. The fraction of sp³-hybridized carbons (Fsp3) is 0.792. The van der Waals surface area contributed by atoms with Crippen LogP contribution >= 0.6 is 0 Å². The van der Waals surface area contributed by atoms with E-state index in [0.29, 0.717) is 18.2 Å². The number of piperidine rings is 1. The number of amides is 1. The lowest BCUT2D eigenvalue weighted by Crippen LogP contribution is -2.38. The third kappa shape index (κ3) is 5.49. The first-order valence-electron chi connectivity index (χ1n) is 12.0. The SMILES string of the molecule is O=C(CCC1CCCC1)N1CCC(c2cn(C(=O)CCC3CCCC3)cn2)CC1. The van der Waals surface area contributed by atoms with E-state index in [2.05, 4.69) is 9.88 Å². The van der Waals surface area contributed by atoms with Crippen LogP contribution in [0, 0.1) is 11.8 Å². The summed E-state index contributed by atoms with van der Waals surface area (Å²) >= 11 is 0. The molecule has 0 bridgehead atoms. The number of carbonyl (C=O) groups is 2. The third-order valence-corrected chi connectivity index (χ3v) is 7.64. The van der Waals surface area contributed by atoms with Crippen LogP contribution in [0.5, 0.6) is 0 Å². The minimum Gasteiger partial charge on any atom is -0.343 e. The van der Waals surface area contributed by atoms with Crippen molar-refractivity contribution in [2.75, 3.05) is 13.1 Å². The highest BCUT2D eigenvalue weighted by atomic mass is 16.2. The number of hydrogen-bond donors (Lipinski definition) is 0. The fourth-order valence-electron chi connectivity index (χ4n) is 5.65. The Hall–Kier alpha value is -1.65. The quantitative estimate of drug-likeness (QED) is 0.635. The second-order valence-electron chi connectivity index (χ2n) is 9.63. The second-order valence-corrected chi connectivity index (χ2v) is 9.63. The van der Waals surface area contributed by atoms with Gasteiger partial charge < -0.3 is 4.90 Å². The van der Waals surface area contributed by atoms with E-state index in [4.69, 9.17) is 0 Å². The number of aromatic nitrogens is 2. The van der Waals surface area contributed by atoms with Gasteiger partial charge in [-0.3, -0.25) is 14.2 Å². The standard InChI is InChI=1S/C24H37N3O2/c28-23(11-9-19-5-1-2-6-19)26-15-13-21(14-16-26)22-17-27(18-25-22)24(29)12-10-20-7-3-4-8-20/h17-21H,1-16H2. The van der Waals surface area contributed by atoms with E-state index in [1.54, 1.807) is 10.9 Å². The van der Waals surface area contributed by atoms with Crippen LogP contribution in [0.25, 0.3) is 0 Å². The van der Waals surface area contributed by atoms with E-state index in [9.17, 15) is 9.59 Å². The van der Waals surface area contributed by atoms with Crippen molar-refractivity contribution in [1.82, 2.24) is 14.5 Å². The Morgan fingerprint density at radius 1 is 0.828 bits per heavy atom. The van der Waals surface area contributed by atoms with Gasteiger partial charge in [-0.15, -0.1) is 0 Å². The van der Waals surface area contributed by atoms with E-state index in [0.717, 1.165) is 62.7 Å². The predicted molar refractivity (Wildman–Crippen MR) is 114 cm³/mol. The molecule has 1 saturated heterocycles. The van der Waals surface area contributed by atoms with Crippen molar-refractivity contribution in [2.24, 2.45) is 11.8 Å². The van der Waals surface area contributed by atoms with E-state index in [-0.39, 0.29) is 5.91 Å². The summed E-state index contributed by atoms with van der Waals surface area (Å²) in [7, 11) is 0. The van der Waals surface area contributed by atoms with Gasteiger partial charge in [0.25, 0.3) is 0 Å². The number of hydrogen-bond acceptors (Lipinski definition) is 3. The molecular weight excluding hydrogens is 362 g/mol. The maximum Gasteiger partial charge on any atom is 0.231 e. The largest absolute Gasteiger partial charge is 0.343 e. The zero-order valence-corrected chi connectivity index (χ0v) is 17.9. The van der Waals surface area contributed by atoms with Crippen molar-refractivity contribution in [3.05, 3.63) is 18.2 Å². The van der Waals surface area contributed by atoms with Gasteiger partial charge in [0.05, 0.1) is 5.69 Å². The molecule has 0 atom stereocenters. The molecule has 3 aliphatic rings. The first-order chi connectivity index (χ1) is 14.2. The molecule has 2 saturated carbocycles. The molecule has 5 heteroatoms. The minimum atomic E-state index is 0.176. The van der Waals surface area contributed by atoms with E-state index < -0.39 is 0 Å². The zero-order chi connectivity index (χ0) is 20.1. The maximum atomic E-state index is 12.5. The molecule has 1 aromatic heterocycles. The molecule has 5 nitrogen and oxygen atoms in total. The van der Waals surface area contributed by atoms with Crippen LogP contribution in [-0.4, -0.2) is 39.4 Å². The molecule has 4 rings (SSSR count). The van der Waals surface area contributed by atoms with E-state index >= 15 is 0 Å². The molecule has 1 amide bonds. The summed E-state index contributed by atoms with van der Waals surface area (Å²) in [5.41, 5.74) is 1.03. The highest BCUT2D eigenvalue weighted by molar-refractivity contribution is 5.78. The molecule has 1 aliphatic heterocycles.